The van der Waals surface area contributed by atoms with Gasteiger partial charge < -0.3 is 10.6 Å². The summed E-state index contributed by atoms with van der Waals surface area (Å²) in [4.78, 5) is 28.3. The fourth-order valence-corrected chi connectivity index (χ4v) is 3.19. The van der Waals surface area contributed by atoms with Gasteiger partial charge in [0.1, 0.15) is 5.69 Å². The topological polar surface area (TPSA) is 88.9 Å². The number of carbonyl (C=O) groups excluding carboxylic acids is 2. The number of carbonyl (C=O) groups is 2. The predicted octanol–water partition coefficient (Wildman–Crippen LogP) is 2.10. The number of benzene rings is 1. The zero-order valence-corrected chi connectivity index (χ0v) is 14.2. The fourth-order valence-electron chi connectivity index (χ4n) is 2.31. The average molecular weight is 343 g/mol. The monoisotopic (exact) mass is 343 g/mol. The van der Waals surface area contributed by atoms with E-state index in [0.717, 1.165) is 15.9 Å². The van der Waals surface area contributed by atoms with Crippen LogP contribution in [0.1, 0.15) is 22.6 Å². The van der Waals surface area contributed by atoms with Crippen molar-refractivity contribution < 1.29 is 9.59 Å². The third kappa shape index (κ3) is 3.60. The van der Waals surface area contributed by atoms with Crippen molar-refractivity contribution in [3.8, 4) is 0 Å². The summed E-state index contributed by atoms with van der Waals surface area (Å²) in [5.74, 6) is -0.429. The van der Waals surface area contributed by atoms with Crippen LogP contribution in [0.25, 0.3) is 10.2 Å². The highest BCUT2D eigenvalue weighted by Crippen LogP contribution is 2.25. The van der Waals surface area contributed by atoms with Crippen LogP contribution in [0.15, 0.2) is 30.3 Å². The molecule has 0 aliphatic carbocycles. The summed E-state index contributed by atoms with van der Waals surface area (Å²) in [5, 5.41) is 10.2. The van der Waals surface area contributed by atoms with Crippen molar-refractivity contribution in [3.05, 3.63) is 41.7 Å². The Labute approximate surface area is 142 Å². The van der Waals surface area contributed by atoms with Crippen molar-refractivity contribution in [2.45, 2.75) is 13.3 Å². The van der Waals surface area contributed by atoms with Crippen LogP contribution in [0, 0.1) is 6.92 Å². The first-order valence-corrected chi connectivity index (χ1v) is 8.29. The molecule has 0 fully saturated rings. The first-order chi connectivity index (χ1) is 11.5. The summed E-state index contributed by atoms with van der Waals surface area (Å²) in [5.41, 5.74) is 2.10. The van der Waals surface area contributed by atoms with Crippen LogP contribution in [0.3, 0.4) is 0 Å². The third-order valence-corrected chi connectivity index (χ3v) is 4.36. The first kappa shape index (κ1) is 16.1. The van der Waals surface area contributed by atoms with Crippen LogP contribution < -0.4 is 10.6 Å². The van der Waals surface area contributed by atoms with Gasteiger partial charge in [0.15, 0.2) is 5.13 Å². The second kappa shape index (κ2) is 6.79. The number of aromatic nitrogens is 3. The molecule has 0 aliphatic rings. The molecule has 2 aromatic heterocycles. The van der Waals surface area contributed by atoms with Crippen LogP contribution >= 0.6 is 11.3 Å². The lowest BCUT2D eigenvalue weighted by Gasteiger charge is -2.05. The standard InChI is InChI=1S/C16H17N5O2S/c1-10-9-12(21(2)20-10)15(23)17-8-7-14(22)19-16-18-11-5-3-4-6-13(11)24-16/h3-6,9H,7-8H2,1-2H3,(H,17,23)(H,18,19,22). The summed E-state index contributed by atoms with van der Waals surface area (Å²) >= 11 is 1.42. The second-order valence-corrected chi connectivity index (χ2v) is 6.37. The molecule has 0 aliphatic heterocycles. The average Bonchev–Trinajstić information content (AvgIpc) is 3.08. The van der Waals surface area contributed by atoms with E-state index in [1.54, 1.807) is 13.1 Å². The predicted molar refractivity (Wildman–Crippen MR) is 93.1 cm³/mol. The molecule has 0 radical (unpaired) electrons. The van der Waals surface area contributed by atoms with Crippen molar-refractivity contribution in [2.75, 3.05) is 11.9 Å². The molecular formula is C16H17N5O2S. The number of amides is 2. The molecule has 124 valence electrons. The Kier molecular flexibility index (Phi) is 4.57. The van der Waals surface area contributed by atoms with Gasteiger partial charge >= 0.3 is 0 Å². The van der Waals surface area contributed by atoms with Crippen molar-refractivity contribution in [3.63, 3.8) is 0 Å². The highest BCUT2D eigenvalue weighted by Gasteiger charge is 2.12. The summed E-state index contributed by atoms with van der Waals surface area (Å²) in [6, 6.07) is 9.40. The lowest BCUT2D eigenvalue weighted by molar-refractivity contribution is -0.116. The summed E-state index contributed by atoms with van der Waals surface area (Å²) < 4.78 is 2.54. The van der Waals surface area contributed by atoms with E-state index in [-0.39, 0.29) is 24.8 Å². The van der Waals surface area contributed by atoms with Crippen molar-refractivity contribution in [1.82, 2.24) is 20.1 Å². The quantitative estimate of drug-likeness (QED) is 0.742. The maximum absolute atomic E-state index is 12.0. The molecule has 7 nitrogen and oxygen atoms in total. The SMILES string of the molecule is Cc1cc(C(=O)NCCC(=O)Nc2nc3ccccc3s2)n(C)n1. The molecule has 2 N–H and O–H groups in total. The Morgan fingerprint density at radius 2 is 2.08 bits per heavy atom. The van der Waals surface area contributed by atoms with Gasteiger partial charge in [0, 0.05) is 20.0 Å². The maximum atomic E-state index is 12.0. The Morgan fingerprint density at radius 1 is 1.29 bits per heavy atom. The molecule has 2 heterocycles. The molecule has 0 atom stereocenters. The number of fused-ring (bicyclic) bond motifs is 1. The molecule has 0 spiro atoms. The number of aryl methyl sites for hydroxylation is 2. The number of hydrogen-bond acceptors (Lipinski definition) is 5. The lowest BCUT2D eigenvalue weighted by atomic mass is 10.3. The van der Waals surface area contributed by atoms with Gasteiger partial charge in [-0.3, -0.25) is 14.3 Å². The molecule has 3 aromatic rings. The van der Waals surface area contributed by atoms with Gasteiger partial charge in [-0.05, 0) is 25.1 Å². The van der Waals surface area contributed by atoms with Crippen molar-refractivity contribution in [2.24, 2.45) is 7.05 Å². The minimum atomic E-state index is -0.245. The Bertz CT molecular complexity index is 866. The summed E-state index contributed by atoms with van der Waals surface area (Å²) in [7, 11) is 1.71. The first-order valence-electron chi connectivity index (χ1n) is 7.47. The van der Waals surface area contributed by atoms with Gasteiger partial charge in [-0.1, -0.05) is 23.5 Å². The number of anilines is 1. The minimum Gasteiger partial charge on any atom is -0.350 e. The summed E-state index contributed by atoms with van der Waals surface area (Å²) in [6.45, 7) is 2.07. The van der Waals surface area contributed by atoms with E-state index in [0.29, 0.717) is 10.8 Å². The Balaban J connectivity index is 1.50. The van der Waals surface area contributed by atoms with Gasteiger partial charge in [-0.2, -0.15) is 5.10 Å². The Morgan fingerprint density at radius 3 is 2.79 bits per heavy atom. The van der Waals surface area contributed by atoms with Crippen LogP contribution in [-0.4, -0.2) is 33.1 Å². The maximum Gasteiger partial charge on any atom is 0.269 e. The molecular weight excluding hydrogens is 326 g/mol. The molecule has 0 saturated carbocycles. The van der Waals surface area contributed by atoms with Crippen molar-refractivity contribution in [1.29, 1.82) is 0 Å². The molecule has 8 heteroatoms. The van der Waals surface area contributed by atoms with Gasteiger partial charge in [0.2, 0.25) is 5.91 Å². The number of hydrogen-bond donors (Lipinski definition) is 2. The lowest BCUT2D eigenvalue weighted by Crippen LogP contribution is -2.29. The minimum absolute atomic E-state index is 0.179. The second-order valence-electron chi connectivity index (χ2n) is 5.34. The molecule has 0 bridgehead atoms. The molecule has 0 saturated heterocycles. The number of rotatable bonds is 5. The fraction of sp³-hybridized carbons (Fsp3) is 0.250. The number of nitrogens with zero attached hydrogens (tertiary/aromatic N) is 3. The van der Waals surface area contributed by atoms with Gasteiger partial charge in [0.25, 0.3) is 5.91 Å². The van der Waals surface area contributed by atoms with Gasteiger partial charge in [-0.25, -0.2) is 4.98 Å². The van der Waals surface area contributed by atoms with Gasteiger partial charge in [0.05, 0.1) is 15.9 Å². The zero-order valence-electron chi connectivity index (χ0n) is 13.4. The van der Waals surface area contributed by atoms with Crippen LogP contribution in [0.2, 0.25) is 0 Å². The highest BCUT2D eigenvalue weighted by molar-refractivity contribution is 7.22. The largest absolute Gasteiger partial charge is 0.350 e. The van der Waals surface area contributed by atoms with Crippen LogP contribution in [0.5, 0.6) is 0 Å². The highest BCUT2D eigenvalue weighted by atomic mass is 32.1. The molecule has 3 rings (SSSR count). The third-order valence-electron chi connectivity index (χ3n) is 3.41. The Hall–Kier alpha value is -2.74. The van der Waals surface area contributed by atoms with E-state index in [1.165, 1.54) is 16.0 Å². The number of para-hydroxylation sites is 1. The zero-order chi connectivity index (χ0) is 17.1. The van der Waals surface area contributed by atoms with E-state index >= 15 is 0 Å². The van der Waals surface area contributed by atoms with Crippen LogP contribution in [-0.2, 0) is 11.8 Å². The molecule has 2 amide bonds. The summed E-state index contributed by atoms with van der Waals surface area (Å²) in [6.07, 6.45) is 0.179. The normalized spacial score (nSPS) is 10.8. The van der Waals surface area contributed by atoms with E-state index in [2.05, 4.69) is 20.7 Å². The number of thiazole rings is 1. The van der Waals surface area contributed by atoms with Crippen LogP contribution in [0.4, 0.5) is 5.13 Å². The van der Waals surface area contributed by atoms with Crippen molar-refractivity contribution >= 4 is 38.5 Å². The van der Waals surface area contributed by atoms with E-state index < -0.39 is 0 Å². The van der Waals surface area contributed by atoms with Gasteiger partial charge in [-0.15, -0.1) is 0 Å². The number of nitrogens with one attached hydrogen (secondary N) is 2. The van der Waals surface area contributed by atoms with E-state index in [9.17, 15) is 9.59 Å². The smallest absolute Gasteiger partial charge is 0.269 e. The molecule has 0 unspecified atom stereocenters. The molecule has 1 aromatic carbocycles. The van der Waals surface area contributed by atoms with E-state index in [1.807, 2.05) is 31.2 Å². The van der Waals surface area contributed by atoms with E-state index in [4.69, 9.17) is 0 Å². The molecule has 24 heavy (non-hydrogen) atoms.